The Kier molecular flexibility index (Phi) is 4.03. The van der Waals surface area contributed by atoms with E-state index in [0.29, 0.717) is 12.3 Å². The third-order valence-electron chi connectivity index (χ3n) is 3.76. The fraction of sp³-hybridized carbons (Fsp3) is 0.500. The molecule has 0 aliphatic carbocycles. The number of hydrogen-bond donors (Lipinski definition) is 1. The summed E-state index contributed by atoms with van der Waals surface area (Å²) in [5.41, 5.74) is 2.44. The average molecular weight is 259 g/mol. The molecule has 0 spiro atoms. The van der Waals surface area contributed by atoms with E-state index >= 15 is 0 Å². The van der Waals surface area contributed by atoms with Crippen LogP contribution in [0.1, 0.15) is 44.2 Å². The smallest absolute Gasteiger partial charge is 0.230 e. The molecular formula is C16H21NO2. The van der Waals surface area contributed by atoms with Gasteiger partial charge >= 0.3 is 0 Å². The number of nitrogens with one attached hydrogen (secondary N) is 1. The molecule has 0 radical (unpaired) electrons. The molecule has 1 N–H and O–H groups in total. The van der Waals surface area contributed by atoms with Gasteiger partial charge in [0.15, 0.2) is 0 Å². The summed E-state index contributed by atoms with van der Waals surface area (Å²) in [4.78, 5) is 22.9. The first kappa shape index (κ1) is 13.8. The summed E-state index contributed by atoms with van der Waals surface area (Å²) in [5, 5.41) is 2.38. The van der Waals surface area contributed by atoms with Crippen LogP contribution in [-0.2, 0) is 16.0 Å². The number of imide groups is 1. The molecule has 3 nitrogen and oxygen atoms in total. The lowest BCUT2D eigenvalue weighted by atomic mass is 9.86. The zero-order valence-corrected chi connectivity index (χ0v) is 11.8. The quantitative estimate of drug-likeness (QED) is 0.845. The fourth-order valence-electron chi connectivity index (χ4n) is 2.64. The van der Waals surface area contributed by atoms with Gasteiger partial charge in [-0.3, -0.25) is 14.9 Å². The number of amides is 2. The van der Waals surface area contributed by atoms with Crippen LogP contribution in [0.5, 0.6) is 0 Å². The summed E-state index contributed by atoms with van der Waals surface area (Å²) < 4.78 is 0. The predicted molar refractivity (Wildman–Crippen MR) is 74.7 cm³/mol. The van der Waals surface area contributed by atoms with Gasteiger partial charge in [-0.15, -0.1) is 0 Å². The molecule has 1 heterocycles. The van der Waals surface area contributed by atoms with Crippen molar-refractivity contribution in [3.63, 3.8) is 0 Å². The number of carbonyl (C=O) groups excluding carboxylic acids is 2. The highest BCUT2D eigenvalue weighted by molar-refractivity contribution is 6.03. The van der Waals surface area contributed by atoms with Crippen LogP contribution in [0.15, 0.2) is 24.3 Å². The van der Waals surface area contributed by atoms with Gasteiger partial charge in [0, 0.05) is 6.42 Å². The first-order chi connectivity index (χ1) is 8.97. The van der Waals surface area contributed by atoms with Crippen molar-refractivity contribution in [2.45, 2.75) is 39.5 Å². The Labute approximate surface area is 114 Å². The van der Waals surface area contributed by atoms with Crippen LogP contribution in [0.4, 0.5) is 0 Å². The van der Waals surface area contributed by atoms with Crippen molar-refractivity contribution in [3.05, 3.63) is 35.4 Å². The summed E-state index contributed by atoms with van der Waals surface area (Å²) in [6.07, 6.45) is 1.38. The van der Waals surface area contributed by atoms with Crippen LogP contribution < -0.4 is 5.32 Å². The van der Waals surface area contributed by atoms with E-state index in [2.05, 4.69) is 43.4 Å². The molecule has 102 valence electrons. The highest BCUT2D eigenvalue weighted by Crippen LogP contribution is 2.30. The van der Waals surface area contributed by atoms with Crippen molar-refractivity contribution < 1.29 is 9.59 Å². The highest BCUT2D eigenvalue weighted by Gasteiger charge is 2.35. The van der Waals surface area contributed by atoms with Gasteiger partial charge in [-0.2, -0.15) is 0 Å². The van der Waals surface area contributed by atoms with Crippen molar-refractivity contribution in [2.75, 3.05) is 0 Å². The van der Waals surface area contributed by atoms with Gasteiger partial charge in [-0.25, -0.2) is 0 Å². The Morgan fingerprint density at radius 3 is 2.26 bits per heavy atom. The molecule has 1 saturated heterocycles. The van der Waals surface area contributed by atoms with E-state index in [0.717, 1.165) is 12.0 Å². The first-order valence-corrected chi connectivity index (χ1v) is 6.90. The molecule has 2 rings (SSSR count). The van der Waals surface area contributed by atoms with Gasteiger partial charge in [0.25, 0.3) is 0 Å². The second-order valence-corrected chi connectivity index (χ2v) is 5.85. The maximum Gasteiger partial charge on any atom is 0.230 e. The van der Waals surface area contributed by atoms with Crippen LogP contribution in [0.25, 0.3) is 0 Å². The van der Waals surface area contributed by atoms with E-state index in [-0.39, 0.29) is 23.7 Å². The van der Waals surface area contributed by atoms with Crippen molar-refractivity contribution in [2.24, 2.45) is 11.8 Å². The van der Waals surface area contributed by atoms with Crippen LogP contribution in [0.3, 0.4) is 0 Å². The SMILES string of the molecule is CC(C)Cc1ccc(C(C)C2CC(=O)NC2=O)cc1. The Hall–Kier alpha value is -1.64. The van der Waals surface area contributed by atoms with Crippen LogP contribution in [0.2, 0.25) is 0 Å². The topological polar surface area (TPSA) is 46.2 Å². The number of rotatable bonds is 4. The Bertz CT molecular complexity index is 476. The lowest BCUT2D eigenvalue weighted by molar-refractivity contribution is -0.126. The molecule has 2 atom stereocenters. The second kappa shape index (κ2) is 5.55. The maximum absolute atomic E-state index is 11.7. The van der Waals surface area contributed by atoms with Gasteiger partial charge in [0.2, 0.25) is 11.8 Å². The molecule has 0 bridgehead atoms. The number of hydrogen-bond acceptors (Lipinski definition) is 2. The Morgan fingerprint density at radius 2 is 1.79 bits per heavy atom. The third kappa shape index (κ3) is 3.22. The largest absolute Gasteiger partial charge is 0.296 e. The van der Waals surface area contributed by atoms with Gasteiger partial charge < -0.3 is 0 Å². The Balaban J connectivity index is 2.09. The standard InChI is InChI=1S/C16H21NO2/c1-10(2)8-12-4-6-13(7-5-12)11(3)14-9-15(18)17-16(14)19/h4-7,10-11,14H,8-9H2,1-3H3,(H,17,18,19). The molecule has 1 aliphatic heterocycles. The lowest BCUT2D eigenvalue weighted by Crippen LogP contribution is -2.24. The van der Waals surface area contributed by atoms with Crippen molar-refractivity contribution in [3.8, 4) is 0 Å². The predicted octanol–water partition coefficient (Wildman–Crippen LogP) is 2.65. The molecule has 2 amide bonds. The minimum Gasteiger partial charge on any atom is -0.296 e. The van der Waals surface area contributed by atoms with Gasteiger partial charge in [0.1, 0.15) is 0 Å². The molecule has 1 aliphatic rings. The molecule has 1 aromatic carbocycles. The normalized spacial score (nSPS) is 20.7. The van der Waals surface area contributed by atoms with Crippen molar-refractivity contribution >= 4 is 11.8 Å². The molecule has 19 heavy (non-hydrogen) atoms. The molecule has 0 aromatic heterocycles. The molecule has 2 unspecified atom stereocenters. The lowest BCUT2D eigenvalue weighted by Gasteiger charge is -2.17. The monoisotopic (exact) mass is 259 g/mol. The zero-order valence-electron chi connectivity index (χ0n) is 11.8. The van der Waals surface area contributed by atoms with Crippen LogP contribution in [-0.4, -0.2) is 11.8 Å². The molecule has 3 heteroatoms. The highest BCUT2D eigenvalue weighted by atomic mass is 16.2. The van der Waals surface area contributed by atoms with Gasteiger partial charge in [0.05, 0.1) is 5.92 Å². The van der Waals surface area contributed by atoms with Gasteiger partial charge in [-0.05, 0) is 29.4 Å². The molecule has 1 aromatic rings. The first-order valence-electron chi connectivity index (χ1n) is 6.90. The van der Waals surface area contributed by atoms with Crippen LogP contribution in [0, 0.1) is 11.8 Å². The number of benzene rings is 1. The fourth-order valence-corrected chi connectivity index (χ4v) is 2.64. The van der Waals surface area contributed by atoms with Crippen molar-refractivity contribution in [1.82, 2.24) is 5.32 Å². The van der Waals surface area contributed by atoms with E-state index in [1.54, 1.807) is 0 Å². The van der Waals surface area contributed by atoms with E-state index in [9.17, 15) is 9.59 Å². The summed E-state index contributed by atoms with van der Waals surface area (Å²) in [6, 6.07) is 8.41. The average Bonchev–Trinajstić information content (AvgIpc) is 2.68. The van der Waals surface area contributed by atoms with E-state index in [4.69, 9.17) is 0 Å². The summed E-state index contributed by atoms with van der Waals surface area (Å²) in [5.74, 6) is 0.214. The maximum atomic E-state index is 11.7. The summed E-state index contributed by atoms with van der Waals surface area (Å²) in [6.45, 7) is 6.41. The summed E-state index contributed by atoms with van der Waals surface area (Å²) in [7, 11) is 0. The zero-order chi connectivity index (χ0) is 14.0. The Morgan fingerprint density at radius 1 is 1.16 bits per heavy atom. The minimum absolute atomic E-state index is 0.0829. The molecular weight excluding hydrogens is 238 g/mol. The van der Waals surface area contributed by atoms with Crippen LogP contribution >= 0.6 is 0 Å². The molecule has 0 saturated carbocycles. The van der Waals surface area contributed by atoms with E-state index in [1.165, 1.54) is 5.56 Å². The van der Waals surface area contributed by atoms with Crippen molar-refractivity contribution in [1.29, 1.82) is 0 Å². The number of carbonyl (C=O) groups is 2. The third-order valence-corrected chi connectivity index (χ3v) is 3.76. The van der Waals surface area contributed by atoms with Gasteiger partial charge in [-0.1, -0.05) is 45.0 Å². The van der Waals surface area contributed by atoms with E-state index < -0.39 is 0 Å². The van der Waals surface area contributed by atoms with E-state index in [1.807, 2.05) is 6.92 Å². The second-order valence-electron chi connectivity index (χ2n) is 5.85. The molecule has 1 fully saturated rings. The summed E-state index contributed by atoms with van der Waals surface area (Å²) >= 11 is 0. The minimum atomic E-state index is -0.219.